The molecule has 0 radical (unpaired) electrons. The van der Waals surface area contributed by atoms with Gasteiger partial charge in [0.2, 0.25) is 5.91 Å². The number of aryl methyl sites for hydroxylation is 1. The third kappa shape index (κ3) is 7.40. The van der Waals surface area contributed by atoms with E-state index in [4.69, 9.17) is 4.74 Å². The van der Waals surface area contributed by atoms with E-state index in [0.29, 0.717) is 12.3 Å². The molecular formula is C27H38N2O3. The molecule has 0 bridgehead atoms. The van der Waals surface area contributed by atoms with E-state index in [2.05, 4.69) is 26.1 Å². The molecule has 0 heterocycles. The molecule has 0 unspecified atom stereocenters. The number of ether oxygens (including phenoxy) is 1. The molecule has 0 saturated heterocycles. The van der Waals surface area contributed by atoms with Gasteiger partial charge < -0.3 is 15.0 Å². The Morgan fingerprint density at radius 2 is 1.72 bits per heavy atom. The summed E-state index contributed by atoms with van der Waals surface area (Å²) in [6.45, 7) is 14.4. The number of carbonyl (C=O) groups excluding carboxylic acids is 2. The van der Waals surface area contributed by atoms with Crippen LogP contribution in [0.1, 0.15) is 64.7 Å². The van der Waals surface area contributed by atoms with Gasteiger partial charge in [0.05, 0.1) is 0 Å². The SMILES string of the molecule is CC[C@H](C)NC(=O)[C@H](C)N(Cc1cccc(C)c1)C(=O)COc1ccc(C(C)(C)C)cc1. The zero-order valence-corrected chi connectivity index (χ0v) is 20.6. The van der Waals surface area contributed by atoms with E-state index in [0.717, 1.165) is 17.5 Å². The van der Waals surface area contributed by atoms with Crippen LogP contribution < -0.4 is 10.1 Å². The molecule has 5 nitrogen and oxygen atoms in total. The number of hydrogen-bond acceptors (Lipinski definition) is 3. The van der Waals surface area contributed by atoms with E-state index >= 15 is 0 Å². The fraction of sp³-hybridized carbons (Fsp3) is 0.481. The maximum absolute atomic E-state index is 13.2. The zero-order chi connectivity index (χ0) is 23.9. The number of carbonyl (C=O) groups is 2. The van der Waals surface area contributed by atoms with Crippen LogP contribution in [-0.4, -0.2) is 35.4 Å². The van der Waals surface area contributed by atoms with Crippen LogP contribution in [0.2, 0.25) is 0 Å². The van der Waals surface area contributed by atoms with E-state index in [1.165, 1.54) is 5.56 Å². The van der Waals surface area contributed by atoms with Crippen molar-refractivity contribution in [3.8, 4) is 5.75 Å². The lowest BCUT2D eigenvalue weighted by Crippen LogP contribution is -2.50. The van der Waals surface area contributed by atoms with E-state index in [1.54, 1.807) is 11.8 Å². The summed E-state index contributed by atoms with van der Waals surface area (Å²) in [6.07, 6.45) is 0.831. The molecule has 1 N–H and O–H groups in total. The van der Waals surface area contributed by atoms with Crippen molar-refractivity contribution in [2.24, 2.45) is 0 Å². The number of nitrogens with zero attached hydrogens (tertiary/aromatic N) is 1. The number of benzene rings is 2. The largest absolute Gasteiger partial charge is 0.484 e. The highest BCUT2D eigenvalue weighted by Gasteiger charge is 2.27. The monoisotopic (exact) mass is 438 g/mol. The number of rotatable bonds is 9. The molecule has 0 aliphatic heterocycles. The average Bonchev–Trinajstić information content (AvgIpc) is 2.75. The van der Waals surface area contributed by atoms with Gasteiger partial charge in [-0.05, 0) is 55.9 Å². The normalized spacial score (nSPS) is 13.2. The van der Waals surface area contributed by atoms with Gasteiger partial charge in [0.25, 0.3) is 5.91 Å². The topological polar surface area (TPSA) is 58.6 Å². The lowest BCUT2D eigenvalue weighted by atomic mass is 9.87. The second kappa shape index (κ2) is 11.2. The van der Waals surface area contributed by atoms with Crippen molar-refractivity contribution in [3.63, 3.8) is 0 Å². The molecule has 2 atom stereocenters. The van der Waals surface area contributed by atoms with E-state index < -0.39 is 6.04 Å². The Kier molecular flexibility index (Phi) is 8.88. The van der Waals surface area contributed by atoms with Gasteiger partial charge in [0.15, 0.2) is 6.61 Å². The highest BCUT2D eigenvalue weighted by atomic mass is 16.5. The van der Waals surface area contributed by atoms with Crippen LogP contribution in [0.5, 0.6) is 5.75 Å². The van der Waals surface area contributed by atoms with E-state index in [9.17, 15) is 9.59 Å². The molecule has 0 fully saturated rings. The highest BCUT2D eigenvalue weighted by molar-refractivity contribution is 5.88. The molecular weight excluding hydrogens is 400 g/mol. The number of hydrogen-bond donors (Lipinski definition) is 1. The maximum Gasteiger partial charge on any atom is 0.261 e. The minimum atomic E-state index is -0.608. The van der Waals surface area contributed by atoms with Crippen molar-refractivity contribution in [3.05, 3.63) is 65.2 Å². The summed E-state index contributed by atoms with van der Waals surface area (Å²) in [6, 6.07) is 15.2. The van der Waals surface area contributed by atoms with Crippen molar-refractivity contribution in [1.29, 1.82) is 0 Å². The molecule has 2 aromatic rings. The van der Waals surface area contributed by atoms with Crippen molar-refractivity contribution in [1.82, 2.24) is 10.2 Å². The fourth-order valence-electron chi connectivity index (χ4n) is 3.33. The molecule has 32 heavy (non-hydrogen) atoms. The minimum Gasteiger partial charge on any atom is -0.484 e. The highest BCUT2D eigenvalue weighted by Crippen LogP contribution is 2.24. The first-order valence-corrected chi connectivity index (χ1v) is 11.4. The smallest absolute Gasteiger partial charge is 0.261 e. The van der Waals surface area contributed by atoms with Crippen LogP contribution in [0.15, 0.2) is 48.5 Å². The molecule has 0 aliphatic rings. The average molecular weight is 439 g/mol. The predicted molar refractivity (Wildman–Crippen MR) is 130 cm³/mol. The maximum atomic E-state index is 13.2. The van der Waals surface area contributed by atoms with E-state index in [1.807, 2.05) is 69.3 Å². The summed E-state index contributed by atoms with van der Waals surface area (Å²) in [5, 5.41) is 2.98. The van der Waals surface area contributed by atoms with Gasteiger partial charge >= 0.3 is 0 Å². The summed E-state index contributed by atoms with van der Waals surface area (Å²) >= 11 is 0. The number of amides is 2. The Labute approximate surface area is 193 Å². The van der Waals surface area contributed by atoms with Crippen LogP contribution >= 0.6 is 0 Å². The Bertz CT molecular complexity index is 900. The summed E-state index contributed by atoms with van der Waals surface area (Å²) in [5.41, 5.74) is 3.35. The molecule has 2 aromatic carbocycles. The Balaban J connectivity index is 2.14. The first-order chi connectivity index (χ1) is 15.0. The summed E-state index contributed by atoms with van der Waals surface area (Å²) < 4.78 is 5.79. The third-order valence-corrected chi connectivity index (χ3v) is 5.69. The Hall–Kier alpha value is -2.82. The lowest BCUT2D eigenvalue weighted by molar-refractivity contribution is -0.142. The Morgan fingerprint density at radius 3 is 2.28 bits per heavy atom. The van der Waals surface area contributed by atoms with Crippen LogP contribution in [0.4, 0.5) is 0 Å². The van der Waals surface area contributed by atoms with Crippen LogP contribution in [-0.2, 0) is 21.5 Å². The molecule has 0 aliphatic carbocycles. The van der Waals surface area contributed by atoms with Gasteiger partial charge in [-0.2, -0.15) is 0 Å². The van der Waals surface area contributed by atoms with Gasteiger partial charge in [-0.1, -0.05) is 69.7 Å². The predicted octanol–water partition coefficient (Wildman–Crippen LogP) is 5.00. The van der Waals surface area contributed by atoms with Crippen molar-refractivity contribution >= 4 is 11.8 Å². The number of nitrogens with one attached hydrogen (secondary N) is 1. The molecule has 5 heteroatoms. The standard InChI is InChI=1S/C27H38N2O3/c1-8-20(3)28-26(31)21(4)29(17-22-11-9-10-19(2)16-22)25(30)18-32-24-14-12-23(13-15-24)27(5,6)7/h9-16,20-21H,8,17-18H2,1-7H3,(H,28,31)/t20-,21-/m0/s1. The first-order valence-electron chi connectivity index (χ1n) is 11.4. The molecule has 2 amide bonds. The second-order valence-electron chi connectivity index (χ2n) is 9.57. The van der Waals surface area contributed by atoms with Gasteiger partial charge in [0.1, 0.15) is 11.8 Å². The molecule has 0 aromatic heterocycles. The van der Waals surface area contributed by atoms with Gasteiger partial charge in [-0.15, -0.1) is 0 Å². The van der Waals surface area contributed by atoms with Crippen molar-refractivity contribution in [2.75, 3.05) is 6.61 Å². The quantitative estimate of drug-likeness (QED) is 0.599. The van der Waals surface area contributed by atoms with Gasteiger partial charge in [-0.3, -0.25) is 9.59 Å². The van der Waals surface area contributed by atoms with E-state index in [-0.39, 0.29) is 29.9 Å². The van der Waals surface area contributed by atoms with Crippen molar-refractivity contribution in [2.45, 2.75) is 78.9 Å². The van der Waals surface area contributed by atoms with Crippen molar-refractivity contribution < 1.29 is 14.3 Å². The summed E-state index contributed by atoms with van der Waals surface area (Å²) in [4.78, 5) is 27.5. The summed E-state index contributed by atoms with van der Waals surface area (Å²) in [7, 11) is 0. The Morgan fingerprint density at radius 1 is 1.06 bits per heavy atom. The third-order valence-electron chi connectivity index (χ3n) is 5.69. The van der Waals surface area contributed by atoms with Crippen LogP contribution in [0, 0.1) is 6.92 Å². The zero-order valence-electron chi connectivity index (χ0n) is 20.6. The van der Waals surface area contributed by atoms with Gasteiger partial charge in [0, 0.05) is 12.6 Å². The molecule has 174 valence electrons. The lowest BCUT2D eigenvalue weighted by Gasteiger charge is -2.29. The first kappa shape index (κ1) is 25.4. The van der Waals surface area contributed by atoms with Crippen LogP contribution in [0.25, 0.3) is 0 Å². The minimum absolute atomic E-state index is 0.0530. The van der Waals surface area contributed by atoms with Crippen LogP contribution in [0.3, 0.4) is 0 Å². The summed E-state index contributed by atoms with van der Waals surface area (Å²) in [5.74, 6) is 0.256. The van der Waals surface area contributed by atoms with Gasteiger partial charge in [-0.25, -0.2) is 0 Å². The fourth-order valence-corrected chi connectivity index (χ4v) is 3.33. The molecule has 2 rings (SSSR count). The molecule has 0 spiro atoms. The molecule has 0 saturated carbocycles. The second-order valence-corrected chi connectivity index (χ2v) is 9.57.